The van der Waals surface area contributed by atoms with Gasteiger partial charge in [0, 0.05) is 18.0 Å². The summed E-state index contributed by atoms with van der Waals surface area (Å²) < 4.78 is 15.3. The Hall–Kier alpha value is -3.88. The zero-order valence-electron chi connectivity index (χ0n) is 14.8. The van der Waals surface area contributed by atoms with Crippen molar-refractivity contribution in [1.29, 1.82) is 0 Å². The molecule has 3 aromatic heterocycles. The number of rotatable bonds is 4. The standard InChI is InChI=1S/C19H15FN6O2/c1-12-22-16(15-4-2-3-9-21-15)10-17-24-25(19(28)26(12)17)11-18(27)23-14-7-5-13(20)6-8-14/h2-10H,11H2,1H3,(H,23,27). The fourth-order valence-corrected chi connectivity index (χ4v) is 2.82. The minimum atomic E-state index is -0.471. The molecule has 0 aliphatic carbocycles. The molecule has 0 aliphatic heterocycles. The van der Waals surface area contributed by atoms with Crippen LogP contribution in [0.1, 0.15) is 5.82 Å². The Bertz CT molecular complexity index is 1220. The minimum absolute atomic E-state index is 0.281. The molecule has 4 rings (SSSR count). The quantitative estimate of drug-likeness (QED) is 0.586. The predicted molar refractivity (Wildman–Crippen MR) is 100 cm³/mol. The normalized spacial score (nSPS) is 10.9. The molecular weight excluding hydrogens is 363 g/mol. The third-order valence-electron chi connectivity index (χ3n) is 4.08. The van der Waals surface area contributed by atoms with Crippen molar-refractivity contribution in [3.05, 3.63) is 76.9 Å². The van der Waals surface area contributed by atoms with Crippen LogP contribution in [0.15, 0.2) is 59.5 Å². The first kappa shape index (κ1) is 17.5. The molecule has 0 spiro atoms. The van der Waals surface area contributed by atoms with Crippen LogP contribution in [0.3, 0.4) is 0 Å². The van der Waals surface area contributed by atoms with E-state index in [0.717, 1.165) is 4.68 Å². The Labute approximate surface area is 158 Å². The molecule has 0 fully saturated rings. The molecule has 4 aromatic rings. The van der Waals surface area contributed by atoms with Gasteiger partial charge in [0.05, 0.1) is 11.4 Å². The second-order valence-electron chi connectivity index (χ2n) is 6.09. The number of amides is 1. The predicted octanol–water partition coefficient (Wildman–Crippen LogP) is 2.04. The molecule has 8 nitrogen and oxygen atoms in total. The van der Waals surface area contributed by atoms with Gasteiger partial charge in [0.15, 0.2) is 5.65 Å². The van der Waals surface area contributed by atoms with Gasteiger partial charge in [-0.15, -0.1) is 5.10 Å². The number of pyridine rings is 1. The van der Waals surface area contributed by atoms with E-state index in [9.17, 15) is 14.0 Å². The van der Waals surface area contributed by atoms with Crippen LogP contribution in [0.5, 0.6) is 0 Å². The topological polar surface area (TPSA) is 94.2 Å². The molecule has 0 unspecified atom stereocenters. The molecule has 0 bridgehead atoms. The maximum absolute atomic E-state index is 13.0. The number of fused-ring (bicyclic) bond motifs is 1. The van der Waals surface area contributed by atoms with Crippen molar-refractivity contribution in [3.8, 4) is 11.4 Å². The molecule has 0 saturated carbocycles. The highest BCUT2D eigenvalue weighted by molar-refractivity contribution is 5.90. The Morgan fingerprint density at radius 3 is 2.64 bits per heavy atom. The number of nitrogens with zero attached hydrogens (tertiary/aromatic N) is 5. The maximum atomic E-state index is 13.0. The first-order chi connectivity index (χ1) is 13.5. The van der Waals surface area contributed by atoms with Crippen LogP contribution in [-0.2, 0) is 11.3 Å². The monoisotopic (exact) mass is 378 g/mol. The van der Waals surface area contributed by atoms with Crippen LogP contribution in [0.2, 0.25) is 0 Å². The van der Waals surface area contributed by atoms with Crippen molar-refractivity contribution >= 4 is 17.2 Å². The molecule has 0 aliphatic rings. The van der Waals surface area contributed by atoms with E-state index in [-0.39, 0.29) is 6.54 Å². The van der Waals surface area contributed by atoms with Crippen LogP contribution in [0, 0.1) is 12.7 Å². The van der Waals surface area contributed by atoms with Gasteiger partial charge in [0.25, 0.3) is 0 Å². The van der Waals surface area contributed by atoms with E-state index < -0.39 is 17.4 Å². The number of carbonyl (C=O) groups is 1. The van der Waals surface area contributed by atoms with Gasteiger partial charge in [0.2, 0.25) is 5.91 Å². The van der Waals surface area contributed by atoms with Gasteiger partial charge < -0.3 is 5.32 Å². The molecular formula is C19H15FN6O2. The van der Waals surface area contributed by atoms with E-state index >= 15 is 0 Å². The summed E-state index contributed by atoms with van der Waals surface area (Å²) in [6.07, 6.45) is 1.65. The van der Waals surface area contributed by atoms with E-state index in [4.69, 9.17) is 0 Å². The van der Waals surface area contributed by atoms with Crippen LogP contribution in [-0.4, -0.2) is 30.1 Å². The largest absolute Gasteiger partial charge is 0.352 e. The summed E-state index contributed by atoms with van der Waals surface area (Å²) in [6, 6.07) is 12.4. The average Bonchev–Trinajstić information content (AvgIpc) is 3.00. The zero-order chi connectivity index (χ0) is 19.7. The van der Waals surface area contributed by atoms with Gasteiger partial charge in [-0.25, -0.2) is 23.3 Å². The molecule has 3 heterocycles. The van der Waals surface area contributed by atoms with Crippen LogP contribution in [0.4, 0.5) is 10.1 Å². The van der Waals surface area contributed by atoms with Crippen molar-refractivity contribution in [3.63, 3.8) is 0 Å². The van der Waals surface area contributed by atoms with Gasteiger partial charge in [-0.1, -0.05) is 6.07 Å². The second kappa shape index (κ2) is 7.03. The third-order valence-corrected chi connectivity index (χ3v) is 4.08. The molecule has 1 aromatic carbocycles. The number of aromatic nitrogens is 5. The molecule has 140 valence electrons. The first-order valence-corrected chi connectivity index (χ1v) is 8.45. The highest BCUT2D eigenvalue weighted by Crippen LogP contribution is 2.15. The van der Waals surface area contributed by atoms with Gasteiger partial charge in [-0.05, 0) is 43.3 Å². The van der Waals surface area contributed by atoms with Gasteiger partial charge in [0.1, 0.15) is 18.2 Å². The van der Waals surface area contributed by atoms with Crippen molar-refractivity contribution < 1.29 is 9.18 Å². The second-order valence-corrected chi connectivity index (χ2v) is 6.09. The number of aryl methyl sites for hydroxylation is 1. The lowest BCUT2D eigenvalue weighted by atomic mass is 10.2. The van der Waals surface area contributed by atoms with Crippen molar-refractivity contribution in [2.75, 3.05) is 5.32 Å². The first-order valence-electron chi connectivity index (χ1n) is 8.45. The number of benzene rings is 1. The van der Waals surface area contributed by atoms with E-state index in [1.165, 1.54) is 28.7 Å². The van der Waals surface area contributed by atoms with Crippen molar-refractivity contribution in [2.24, 2.45) is 0 Å². The summed E-state index contributed by atoms with van der Waals surface area (Å²) in [4.78, 5) is 33.5. The van der Waals surface area contributed by atoms with Crippen molar-refractivity contribution in [1.82, 2.24) is 24.1 Å². The minimum Gasteiger partial charge on any atom is -0.324 e. The van der Waals surface area contributed by atoms with Crippen LogP contribution in [0.25, 0.3) is 17.0 Å². The highest BCUT2D eigenvalue weighted by atomic mass is 19.1. The Kier molecular flexibility index (Phi) is 4.40. The molecule has 0 saturated heterocycles. The lowest BCUT2D eigenvalue weighted by molar-refractivity contribution is -0.117. The van der Waals surface area contributed by atoms with Crippen LogP contribution >= 0.6 is 0 Å². The Balaban J connectivity index is 1.64. The summed E-state index contributed by atoms with van der Waals surface area (Å²) >= 11 is 0. The molecule has 1 N–H and O–H groups in total. The molecule has 9 heteroatoms. The number of carbonyl (C=O) groups excluding carboxylic acids is 1. The highest BCUT2D eigenvalue weighted by Gasteiger charge is 2.15. The molecule has 28 heavy (non-hydrogen) atoms. The number of hydrogen-bond donors (Lipinski definition) is 1. The van der Waals surface area contributed by atoms with Gasteiger partial charge in [-0.2, -0.15) is 0 Å². The molecule has 0 atom stereocenters. The average molecular weight is 378 g/mol. The van der Waals surface area contributed by atoms with Gasteiger partial charge in [-0.3, -0.25) is 9.78 Å². The number of anilines is 1. The fourth-order valence-electron chi connectivity index (χ4n) is 2.82. The SMILES string of the molecule is Cc1nc(-c2ccccn2)cc2nn(CC(=O)Nc3ccc(F)cc3)c(=O)n12. The number of nitrogens with one attached hydrogen (secondary N) is 1. The Morgan fingerprint density at radius 2 is 1.93 bits per heavy atom. The molecule has 0 radical (unpaired) electrons. The Morgan fingerprint density at radius 1 is 1.14 bits per heavy atom. The van der Waals surface area contributed by atoms with E-state index in [1.54, 1.807) is 25.3 Å². The van der Waals surface area contributed by atoms with Crippen molar-refractivity contribution in [2.45, 2.75) is 13.5 Å². The van der Waals surface area contributed by atoms with Gasteiger partial charge >= 0.3 is 5.69 Å². The lowest BCUT2D eigenvalue weighted by Gasteiger charge is -2.04. The zero-order valence-corrected chi connectivity index (χ0v) is 14.8. The van der Waals surface area contributed by atoms with Crippen LogP contribution < -0.4 is 11.0 Å². The number of halogens is 1. The number of hydrogen-bond acceptors (Lipinski definition) is 5. The summed E-state index contributed by atoms with van der Waals surface area (Å²) in [6.45, 7) is 1.40. The fraction of sp³-hybridized carbons (Fsp3) is 0.105. The summed E-state index contributed by atoms with van der Waals surface area (Å²) in [7, 11) is 0. The van der Waals surface area contributed by atoms with E-state index in [2.05, 4.69) is 20.4 Å². The summed E-state index contributed by atoms with van der Waals surface area (Å²) in [5.74, 6) is -0.415. The third kappa shape index (κ3) is 3.37. The smallest absolute Gasteiger partial charge is 0.324 e. The summed E-state index contributed by atoms with van der Waals surface area (Å²) in [5, 5.41) is 6.83. The lowest BCUT2D eigenvalue weighted by Crippen LogP contribution is -2.28. The summed E-state index contributed by atoms with van der Waals surface area (Å²) in [5.41, 5.74) is 1.57. The molecule has 1 amide bonds. The van der Waals surface area contributed by atoms with E-state index in [0.29, 0.717) is 28.5 Å². The maximum Gasteiger partial charge on any atom is 0.352 e. The van der Waals surface area contributed by atoms with E-state index in [1.807, 2.05) is 12.1 Å².